The van der Waals surface area contributed by atoms with Crippen molar-refractivity contribution < 1.29 is 14.6 Å². The molecular weight excluding hydrogens is 246 g/mol. The molecule has 0 aliphatic carbocycles. The normalized spacial score (nSPS) is 11.4. The van der Waals surface area contributed by atoms with Crippen LogP contribution in [0.2, 0.25) is 0 Å². The van der Waals surface area contributed by atoms with E-state index in [0.29, 0.717) is 12.4 Å². The summed E-state index contributed by atoms with van der Waals surface area (Å²) in [5, 5.41) is 8.47. The van der Waals surface area contributed by atoms with Crippen LogP contribution in [-0.4, -0.2) is 37.2 Å². The number of carboxylic acids is 1. The Balaban J connectivity index is 2.46. The van der Waals surface area contributed by atoms with E-state index < -0.39 is 5.97 Å². The molecule has 0 aromatic heterocycles. The predicted octanol–water partition coefficient (Wildman–Crippen LogP) is 0.560. The van der Waals surface area contributed by atoms with Crippen molar-refractivity contribution in [1.29, 1.82) is 0 Å². The van der Waals surface area contributed by atoms with E-state index >= 15 is 0 Å². The lowest BCUT2D eigenvalue weighted by atomic mass is 10.1. The summed E-state index contributed by atoms with van der Waals surface area (Å²) < 4.78 is 5.25. The average Bonchev–Trinajstić information content (AvgIpc) is 2.40. The molecule has 1 rings (SSSR count). The molecule has 0 radical (unpaired) electrons. The third-order valence-electron chi connectivity index (χ3n) is 2.56. The summed E-state index contributed by atoms with van der Waals surface area (Å²) >= 11 is 0. The molecule has 0 spiro atoms. The maximum absolute atomic E-state index is 10.3. The molecule has 6 heteroatoms. The van der Waals surface area contributed by atoms with Gasteiger partial charge in [-0.15, -0.1) is 0 Å². The second kappa shape index (κ2) is 8.23. The fourth-order valence-corrected chi connectivity index (χ4v) is 1.60. The van der Waals surface area contributed by atoms with Gasteiger partial charge in [0, 0.05) is 12.6 Å². The molecule has 0 aliphatic heterocycles. The zero-order chi connectivity index (χ0) is 14.1. The highest BCUT2D eigenvalue weighted by molar-refractivity contribution is 5.98. The number of nitrogens with one attached hydrogen (secondary N) is 1. The van der Waals surface area contributed by atoms with Crippen molar-refractivity contribution in [2.75, 3.05) is 20.3 Å². The number of nitrogens with zero attached hydrogens (tertiary/aromatic N) is 1. The number of hydrogen-bond acceptors (Lipinski definition) is 4. The number of benzene rings is 1. The number of amidine groups is 1. The molecule has 0 unspecified atom stereocenters. The first-order chi connectivity index (χ1) is 9.17. The minimum Gasteiger partial charge on any atom is -0.481 e. The Bertz CT molecular complexity index is 447. The summed E-state index contributed by atoms with van der Waals surface area (Å²) in [5.41, 5.74) is 4.54. The van der Waals surface area contributed by atoms with Crippen LogP contribution >= 0.6 is 0 Å². The van der Waals surface area contributed by atoms with Gasteiger partial charge in [0.05, 0.1) is 19.6 Å². The lowest BCUT2D eigenvalue weighted by Crippen LogP contribution is -2.31. The van der Waals surface area contributed by atoms with E-state index in [1.807, 2.05) is 24.3 Å². The Morgan fingerprint density at radius 2 is 2.26 bits per heavy atom. The van der Waals surface area contributed by atoms with Crippen LogP contribution in [0.5, 0.6) is 0 Å². The van der Waals surface area contributed by atoms with Crippen LogP contribution in [0.1, 0.15) is 17.5 Å². The monoisotopic (exact) mass is 265 g/mol. The third-order valence-corrected chi connectivity index (χ3v) is 2.56. The summed E-state index contributed by atoms with van der Waals surface area (Å²) in [7, 11) is 1.66. The predicted molar refractivity (Wildman–Crippen MR) is 73.0 cm³/mol. The van der Waals surface area contributed by atoms with Crippen molar-refractivity contribution in [3.05, 3.63) is 35.4 Å². The Hall–Kier alpha value is -1.92. The molecule has 1 aromatic rings. The molecule has 0 fully saturated rings. The fourth-order valence-electron chi connectivity index (χ4n) is 1.60. The van der Waals surface area contributed by atoms with Gasteiger partial charge in [-0.25, -0.2) is 5.84 Å². The number of carbonyl (C=O) groups is 1. The van der Waals surface area contributed by atoms with Crippen LogP contribution in [0, 0.1) is 0 Å². The topological polar surface area (TPSA) is 96.9 Å². The van der Waals surface area contributed by atoms with Gasteiger partial charge in [0.25, 0.3) is 0 Å². The summed E-state index contributed by atoms with van der Waals surface area (Å²) in [6.45, 7) is 0.729. The second-order valence-electron chi connectivity index (χ2n) is 3.92. The van der Waals surface area contributed by atoms with Crippen LogP contribution in [0.25, 0.3) is 0 Å². The summed E-state index contributed by atoms with van der Waals surface area (Å²) in [4.78, 5) is 14.3. The molecule has 0 saturated heterocycles. The number of nitrogens with two attached hydrogens (primary N) is 1. The minimum atomic E-state index is -0.847. The minimum absolute atomic E-state index is 0.0315. The van der Waals surface area contributed by atoms with Gasteiger partial charge in [0.1, 0.15) is 5.84 Å². The van der Waals surface area contributed by atoms with Gasteiger partial charge in [-0.1, -0.05) is 18.2 Å². The van der Waals surface area contributed by atoms with E-state index in [0.717, 1.165) is 17.5 Å². The second-order valence-corrected chi connectivity index (χ2v) is 3.92. The van der Waals surface area contributed by atoms with Gasteiger partial charge in [-0.2, -0.15) is 0 Å². The Labute approximate surface area is 112 Å². The molecule has 0 atom stereocenters. The maximum atomic E-state index is 10.3. The number of carboxylic acid groups (broad SMARTS) is 1. The molecule has 19 heavy (non-hydrogen) atoms. The molecule has 104 valence electrons. The van der Waals surface area contributed by atoms with Crippen molar-refractivity contribution in [2.45, 2.75) is 12.8 Å². The third kappa shape index (κ3) is 5.50. The molecular formula is C13H19N3O3. The van der Waals surface area contributed by atoms with Gasteiger partial charge in [0.15, 0.2) is 0 Å². The Morgan fingerprint density at radius 1 is 1.47 bits per heavy atom. The molecule has 0 heterocycles. The van der Waals surface area contributed by atoms with Crippen molar-refractivity contribution in [1.82, 2.24) is 5.43 Å². The lowest BCUT2D eigenvalue weighted by molar-refractivity contribution is -0.138. The van der Waals surface area contributed by atoms with E-state index in [9.17, 15) is 4.79 Å². The summed E-state index contributed by atoms with van der Waals surface area (Å²) in [6.07, 6.45) is 0.749. The van der Waals surface area contributed by atoms with Gasteiger partial charge >= 0.3 is 5.97 Å². The average molecular weight is 265 g/mol. The first-order valence-corrected chi connectivity index (χ1v) is 5.99. The van der Waals surface area contributed by atoms with E-state index in [1.165, 1.54) is 0 Å². The van der Waals surface area contributed by atoms with Crippen LogP contribution in [0.4, 0.5) is 0 Å². The van der Waals surface area contributed by atoms with Gasteiger partial charge in [0.2, 0.25) is 0 Å². The van der Waals surface area contributed by atoms with Crippen LogP contribution in [0.15, 0.2) is 29.3 Å². The first-order valence-electron chi connectivity index (χ1n) is 5.99. The molecule has 6 nitrogen and oxygen atoms in total. The number of rotatable bonds is 7. The van der Waals surface area contributed by atoms with E-state index in [-0.39, 0.29) is 13.0 Å². The number of hydrogen-bond donors (Lipinski definition) is 3. The number of ether oxygens (including phenoxy) is 1. The molecule has 0 saturated carbocycles. The molecule has 0 aliphatic rings. The Kier molecular flexibility index (Phi) is 6.56. The van der Waals surface area contributed by atoms with E-state index in [2.05, 4.69) is 10.4 Å². The van der Waals surface area contributed by atoms with Crippen molar-refractivity contribution in [2.24, 2.45) is 10.8 Å². The summed E-state index contributed by atoms with van der Waals surface area (Å²) in [6, 6.07) is 7.79. The van der Waals surface area contributed by atoms with Gasteiger partial charge in [-0.05, 0) is 18.1 Å². The van der Waals surface area contributed by atoms with Gasteiger partial charge < -0.3 is 15.3 Å². The van der Waals surface area contributed by atoms with E-state index in [1.54, 1.807) is 7.05 Å². The highest BCUT2D eigenvalue weighted by atomic mass is 16.5. The fraction of sp³-hybridized carbons (Fsp3) is 0.385. The zero-order valence-electron chi connectivity index (χ0n) is 10.9. The molecule has 0 amide bonds. The number of aliphatic carboxylic acids is 1. The molecule has 0 bridgehead atoms. The lowest BCUT2D eigenvalue weighted by Gasteiger charge is -2.07. The highest BCUT2D eigenvalue weighted by Crippen LogP contribution is 2.06. The highest BCUT2D eigenvalue weighted by Gasteiger charge is 2.02. The van der Waals surface area contributed by atoms with Crippen molar-refractivity contribution >= 4 is 11.8 Å². The van der Waals surface area contributed by atoms with Crippen LogP contribution in [-0.2, 0) is 16.0 Å². The van der Waals surface area contributed by atoms with Gasteiger partial charge in [-0.3, -0.25) is 9.79 Å². The number of hydrazine groups is 1. The SMILES string of the molecule is CN=C(NN)c1cccc(CCOCCC(=O)O)c1. The smallest absolute Gasteiger partial charge is 0.305 e. The standard InChI is InChI=1S/C13H19N3O3/c1-15-13(16-14)11-4-2-3-10(9-11)5-7-19-8-6-12(17)18/h2-4,9H,5-8,14H2,1H3,(H,15,16)(H,17,18). The molecule has 4 N–H and O–H groups in total. The van der Waals surface area contributed by atoms with Crippen molar-refractivity contribution in [3.63, 3.8) is 0 Å². The maximum Gasteiger partial charge on any atom is 0.305 e. The molecule has 1 aromatic carbocycles. The number of aliphatic imine (C=N–C) groups is 1. The van der Waals surface area contributed by atoms with Crippen LogP contribution in [0.3, 0.4) is 0 Å². The first kappa shape index (κ1) is 15.1. The largest absolute Gasteiger partial charge is 0.481 e. The quantitative estimate of drug-likeness (QED) is 0.220. The van der Waals surface area contributed by atoms with Crippen LogP contribution < -0.4 is 11.3 Å². The van der Waals surface area contributed by atoms with Crippen molar-refractivity contribution in [3.8, 4) is 0 Å². The summed E-state index contributed by atoms with van der Waals surface area (Å²) in [5.74, 6) is 5.14. The Morgan fingerprint density at radius 3 is 2.89 bits per heavy atom. The van der Waals surface area contributed by atoms with E-state index in [4.69, 9.17) is 15.7 Å². The zero-order valence-corrected chi connectivity index (χ0v) is 10.9.